The van der Waals surface area contributed by atoms with Crippen LogP contribution in [0.4, 0.5) is 0 Å². The Morgan fingerprint density at radius 2 is 1.63 bits per heavy atom. The number of nitrogens with two attached hydrogens (primary N) is 1. The van der Waals surface area contributed by atoms with Gasteiger partial charge in [0.15, 0.2) is 0 Å². The molecule has 7 rings (SSSR count). The van der Waals surface area contributed by atoms with E-state index in [1.54, 1.807) is 0 Å². The van der Waals surface area contributed by atoms with Gasteiger partial charge in [-0.25, -0.2) is 0 Å². The summed E-state index contributed by atoms with van der Waals surface area (Å²) in [5, 5.41) is 0. The molecule has 2 spiro atoms. The van der Waals surface area contributed by atoms with E-state index in [1.807, 2.05) is 0 Å². The second-order valence-corrected chi connectivity index (χ2v) is 10.5. The zero-order valence-electron chi connectivity index (χ0n) is 17.9. The van der Waals surface area contributed by atoms with E-state index < -0.39 is 11.6 Å². The first-order chi connectivity index (χ1) is 14.7. The topological polar surface area (TPSA) is 62.9 Å². The predicted molar refractivity (Wildman–Crippen MR) is 113 cm³/mol. The number of benzene rings is 1. The van der Waals surface area contributed by atoms with E-state index in [0.717, 1.165) is 49.7 Å². The molecule has 0 atom stereocenters. The van der Waals surface area contributed by atoms with Crippen molar-refractivity contribution in [2.75, 3.05) is 13.2 Å². The molecule has 0 unspecified atom stereocenters. The molecule has 5 nitrogen and oxygen atoms in total. The molecule has 30 heavy (non-hydrogen) atoms. The van der Waals surface area contributed by atoms with Crippen LogP contribution in [0.2, 0.25) is 0 Å². The van der Waals surface area contributed by atoms with Gasteiger partial charge >= 0.3 is 0 Å². The van der Waals surface area contributed by atoms with Crippen LogP contribution in [-0.2, 0) is 14.5 Å². The highest BCUT2D eigenvalue weighted by Gasteiger charge is 2.66. The van der Waals surface area contributed by atoms with Crippen LogP contribution in [0.1, 0.15) is 75.7 Å². The molecule has 164 valence electrons. The Morgan fingerprint density at radius 3 is 2.33 bits per heavy atom. The zero-order chi connectivity index (χ0) is 20.2. The molecule has 2 N–H and O–H groups in total. The van der Waals surface area contributed by atoms with Crippen molar-refractivity contribution in [2.24, 2.45) is 29.4 Å². The van der Waals surface area contributed by atoms with Crippen molar-refractivity contribution in [2.45, 2.75) is 81.7 Å². The standard InChI is InChI=1S/C25H35NO4/c26-10-3-11-27-23-5-2-1-4-22(23)19-6-8-24(9-7-19)28-25(30-29-24)20-13-17-12-18(15-20)16-21(25)14-17/h1-2,4-5,17-21H,3,6-16,26H2. The van der Waals surface area contributed by atoms with Crippen LogP contribution in [0.15, 0.2) is 24.3 Å². The molecule has 5 heteroatoms. The van der Waals surface area contributed by atoms with Crippen molar-refractivity contribution in [3.8, 4) is 5.75 Å². The van der Waals surface area contributed by atoms with Crippen LogP contribution in [-0.4, -0.2) is 24.7 Å². The molecule has 0 aromatic heterocycles. The largest absolute Gasteiger partial charge is 0.493 e. The SMILES string of the molecule is NCCCOc1ccccc1C1CCC2(CC1)OOC1(O2)C2CC3CC(C2)CC1C3. The molecule has 1 aromatic rings. The third-order valence-electron chi connectivity index (χ3n) is 8.66. The molecule has 5 aliphatic carbocycles. The number of hydrogen-bond donors (Lipinski definition) is 1. The third kappa shape index (κ3) is 3.12. The summed E-state index contributed by atoms with van der Waals surface area (Å²) in [5.74, 6) is 3.35. The second kappa shape index (κ2) is 7.47. The van der Waals surface area contributed by atoms with Gasteiger partial charge in [-0.3, -0.25) is 0 Å². The Labute approximate surface area is 179 Å². The smallest absolute Gasteiger partial charge is 0.210 e. The van der Waals surface area contributed by atoms with Gasteiger partial charge in [-0.15, -0.1) is 0 Å². The Balaban J connectivity index is 1.14. The maximum absolute atomic E-state index is 6.86. The van der Waals surface area contributed by atoms with E-state index in [9.17, 15) is 0 Å². The summed E-state index contributed by atoms with van der Waals surface area (Å²) in [7, 11) is 0. The number of hydrogen-bond acceptors (Lipinski definition) is 5. The van der Waals surface area contributed by atoms with Gasteiger partial charge in [0.2, 0.25) is 11.6 Å². The van der Waals surface area contributed by atoms with E-state index in [-0.39, 0.29) is 0 Å². The molecule has 4 bridgehead atoms. The zero-order valence-corrected chi connectivity index (χ0v) is 17.9. The summed E-state index contributed by atoms with van der Waals surface area (Å²) in [6.45, 7) is 1.34. The number of ether oxygens (including phenoxy) is 2. The van der Waals surface area contributed by atoms with Crippen LogP contribution >= 0.6 is 0 Å². The van der Waals surface area contributed by atoms with Crippen LogP contribution in [0.5, 0.6) is 5.75 Å². The Hall–Kier alpha value is -1.14. The molecule has 1 saturated heterocycles. The summed E-state index contributed by atoms with van der Waals surface area (Å²) >= 11 is 0. The lowest BCUT2D eigenvalue weighted by Crippen LogP contribution is -2.59. The lowest BCUT2D eigenvalue weighted by molar-refractivity contribution is -0.390. The van der Waals surface area contributed by atoms with Gasteiger partial charge in [0, 0.05) is 24.7 Å². The molecule has 5 saturated carbocycles. The van der Waals surface area contributed by atoms with Crippen LogP contribution in [0, 0.1) is 23.7 Å². The van der Waals surface area contributed by atoms with Gasteiger partial charge in [0.05, 0.1) is 6.61 Å². The van der Waals surface area contributed by atoms with Crippen LogP contribution in [0.25, 0.3) is 0 Å². The highest BCUT2D eigenvalue weighted by atomic mass is 17.3. The second-order valence-electron chi connectivity index (χ2n) is 10.5. The van der Waals surface area contributed by atoms with Gasteiger partial charge in [-0.05, 0) is 87.3 Å². The van der Waals surface area contributed by atoms with E-state index in [1.165, 1.54) is 37.7 Å². The van der Waals surface area contributed by atoms with Crippen molar-refractivity contribution in [1.29, 1.82) is 0 Å². The predicted octanol–water partition coefficient (Wildman–Crippen LogP) is 4.90. The van der Waals surface area contributed by atoms with Crippen molar-refractivity contribution in [3.63, 3.8) is 0 Å². The van der Waals surface area contributed by atoms with Crippen molar-refractivity contribution in [3.05, 3.63) is 29.8 Å². The highest BCUT2D eigenvalue weighted by Crippen LogP contribution is 2.64. The van der Waals surface area contributed by atoms with Gasteiger partial charge < -0.3 is 15.2 Å². The first kappa shape index (κ1) is 19.5. The minimum atomic E-state index is -0.540. The first-order valence-corrected chi connectivity index (χ1v) is 12.2. The molecule has 1 aromatic carbocycles. The minimum Gasteiger partial charge on any atom is -0.493 e. The van der Waals surface area contributed by atoms with Gasteiger partial charge in [0.1, 0.15) is 5.75 Å². The molecular weight excluding hydrogens is 378 g/mol. The Morgan fingerprint density at radius 1 is 0.933 bits per heavy atom. The minimum absolute atomic E-state index is 0.455. The maximum Gasteiger partial charge on any atom is 0.210 e. The van der Waals surface area contributed by atoms with Crippen LogP contribution in [0.3, 0.4) is 0 Å². The fraction of sp³-hybridized carbons (Fsp3) is 0.760. The Kier molecular flexibility index (Phi) is 4.87. The fourth-order valence-corrected chi connectivity index (χ4v) is 7.38. The lowest BCUT2D eigenvalue weighted by atomic mass is 9.53. The average Bonchev–Trinajstić information content (AvgIpc) is 3.13. The average molecular weight is 414 g/mol. The highest BCUT2D eigenvalue weighted by molar-refractivity contribution is 5.36. The molecule has 0 radical (unpaired) electrons. The lowest BCUT2D eigenvalue weighted by Gasteiger charge is -2.57. The summed E-state index contributed by atoms with van der Waals surface area (Å²) in [6.07, 6.45) is 11.2. The molecule has 6 aliphatic rings. The Bertz CT molecular complexity index is 744. The summed E-state index contributed by atoms with van der Waals surface area (Å²) < 4.78 is 12.9. The summed E-state index contributed by atoms with van der Waals surface area (Å²) in [5.41, 5.74) is 6.94. The van der Waals surface area contributed by atoms with E-state index in [2.05, 4.69) is 24.3 Å². The summed E-state index contributed by atoms with van der Waals surface area (Å²) in [6, 6.07) is 8.47. The van der Waals surface area contributed by atoms with Crippen molar-refractivity contribution in [1.82, 2.24) is 0 Å². The normalized spacial score (nSPS) is 44.2. The van der Waals surface area contributed by atoms with E-state index >= 15 is 0 Å². The quantitative estimate of drug-likeness (QED) is 0.549. The first-order valence-electron chi connectivity index (χ1n) is 12.2. The molecule has 0 amide bonds. The maximum atomic E-state index is 6.86. The van der Waals surface area contributed by atoms with Crippen LogP contribution < -0.4 is 10.5 Å². The van der Waals surface area contributed by atoms with E-state index in [4.69, 9.17) is 25.0 Å². The van der Waals surface area contributed by atoms with Gasteiger partial charge in [-0.1, -0.05) is 18.2 Å². The van der Waals surface area contributed by atoms with Crippen molar-refractivity contribution >= 4 is 0 Å². The van der Waals surface area contributed by atoms with Crippen molar-refractivity contribution < 1.29 is 19.2 Å². The van der Waals surface area contributed by atoms with Gasteiger partial charge in [0.25, 0.3) is 0 Å². The molecule has 1 heterocycles. The fourth-order valence-electron chi connectivity index (χ4n) is 7.38. The number of rotatable bonds is 5. The molecular formula is C25H35NO4. The molecule has 1 aliphatic heterocycles. The monoisotopic (exact) mass is 413 g/mol. The third-order valence-corrected chi connectivity index (χ3v) is 8.66. The molecule has 6 fully saturated rings. The summed E-state index contributed by atoms with van der Waals surface area (Å²) in [4.78, 5) is 12.3. The van der Waals surface area contributed by atoms with Gasteiger partial charge in [-0.2, -0.15) is 9.78 Å². The van der Waals surface area contributed by atoms with E-state index in [0.29, 0.717) is 30.9 Å². The number of para-hydroxylation sites is 1.